The maximum Gasteiger partial charge on any atom is 0.214 e. The van der Waals surface area contributed by atoms with Crippen LogP contribution in [0.5, 0.6) is 11.8 Å². The number of aliphatic hydroxyl groups is 5. The van der Waals surface area contributed by atoms with Crippen molar-refractivity contribution in [2.24, 2.45) is 30.4 Å². The van der Waals surface area contributed by atoms with Crippen LogP contribution in [0.25, 0.3) is 11.0 Å². The Morgan fingerprint density at radius 2 is 0.746 bits per heavy atom. The van der Waals surface area contributed by atoms with E-state index in [1.165, 1.54) is 0 Å². The number of fused-ring (bicyclic) bond motifs is 11. The number of rotatable bonds is 7. The lowest BCUT2D eigenvalue weighted by atomic mass is 9.71. The number of ketones is 5. The summed E-state index contributed by atoms with van der Waals surface area (Å²) in [4.78, 5) is 106. The number of aromatic nitrogens is 2. The Morgan fingerprint density at radius 1 is 0.369 bits per heavy atom. The highest BCUT2D eigenvalue weighted by Gasteiger charge is 2.64. The number of pyridine rings is 2. The van der Waals surface area contributed by atoms with Gasteiger partial charge in [-0.25, -0.2) is 34.9 Å². The van der Waals surface area contributed by atoms with Gasteiger partial charge in [-0.05, 0) is 192 Å². The highest BCUT2D eigenvalue weighted by molar-refractivity contribution is 9.10. The second-order valence-electron chi connectivity index (χ2n) is 33.1. The van der Waals surface area contributed by atoms with Crippen molar-refractivity contribution in [1.82, 2.24) is 9.97 Å². The van der Waals surface area contributed by atoms with E-state index in [0.717, 1.165) is 82.8 Å². The maximum atomic E-state index is 13.2. The molecule has 21 rings (SSSR count). The Bertz CT molecular complexity index is 6420. The minimum atomic E-state index is -1.61. The number of Topliss-reactive ketones (excluding diaryl/α,β-unsaturated/α-hetero) is 5. The molecule has 0 radical (unpaired) electrons. The van der Waals surface area contributed by atoms with Crippen molar-refractivity contribution < 1.29 is 63.4 Å². The third kappa shape index (κ3) is 13.7. The number of nitrogens with zero attached hydrogens (tertiary/aromatic N) is 12. The number of hydrogen-bond donors (Lipinski definition) is 5. The van der Waals surface area contributed by atoms with Crippen LogP contribution in [0.3, 0.4) is 0 Å². The number of ether oxygens (including phenoxy) is 2. The third-order valence-electron chi connectivity index (χ3n) is 24.7. The Balaban J connectivity index is 0.000000108. The second-order valence-corrected chi connectivity index (χ2v) is 34.0. The van der Waals surface area contributed by atoms with Crippen molar-refractivity contribution in [3.8, 4) is 11.8 Å². The first-order chi connectivity index (χ1) is 58.3. The van der Waals surface area contributed by atoms with Gasteiger partial charge in [0.1, 0.15) is 28.9 Å². The van der Waals surface area contributed by atoms with Crippen molar-refractivity contribution in [3.05, 3.63) is 272 Å². The zero-order chi connectivity index (χ0) is 86.0. The second kappa shape index (κ2) is 30.7. The van der Waals surface area contributed by atoms with E-state index in [1.54, 1.807) is 57.1 Å². The topological polar surface area (TPSA) is 322 Å². The molecule has 0 saturated carbocycles. The minimum Gasteiger partial charge on any atom is -0.481 e. The molecule has 25 nitrogen and oxygen atoms in total. The van der Waals surface area contributed by atoms with Crippen LogP contribution >= 0.6 is 15.9 Å². The summed E-state index contributed by atoms with van der Waals surface area (Å²) in [6.07, 6.45) is 6.21. The molecule has 0 aliphatic carbocycles. The van der Waals surface area contributed by atoms with Gasteiger partial charge in [0.05, 0.1) is 48.9 Å². The number of hydrogen-bond acceptors (Lipinski definition) is 25. The van der Waals surface area contributed by atoms with Crippen LogP contribution < -0.4 is 34.0 Å². The van der Waals surface area contributed by atoms with Gasteiger partial charge in [0.25, 0.3) is 0 Å². The standard InChI is InChI=1S/C21H18N2O3.C20H20N2O2.C19H19N3O3.C18H15BrN2O2.C18H17N3O3/c1-12-9-16-17(10-13(12)2)22-20-21(25,19(16)24)6-7-23(20)15-4-3-14-5-8-26-18(14)11-15;1-13-9-10-16-15(11-13)17(23)20(24)18(21-16)22(12-19(20,2)3)14-7-5-4-6-8-14;1-11-8-14-15(9-12(11)2)21-18-19(24,17(14)23)5-7-22(18)13-4-6-20-16(10-13)25-3;1-11-5-6-15-14(9-11)16(22)18(23)7-8-21(17(18)20-15)13-4-2-3-12(19)10-13;1-11-3-4-14-13(9-11)16(22)18(23)6-8-21(17(18)20-14)12-5-7-19-15(10-12)24-2/h3-5,8-11,25H,6-7H2,1-2H3;4-11,24H,12H2,1-3H3;4,6,8-10,24H,5,7H2,1-3H3;2-6,9-10,23H,7-8H2,1H3;3-5,7,9-10,23H,6,8H2,1-2H3/t21-;20-;19-;2*18-/m11111/s1. The lowest BCUT2D eigenvalue weighted by molar-refractivity contribution is 0.0181. The lowest BCUT2D eigenvalue weighted by Crippen LogP contribution is -2.55. The molecule has 10 aliphatic rings. The molecule has 618 valence electrons. The van der Waals surface area contributed by atoms with Crippen LogP contribution in [0.2, 0.25) is 0 Å². The summed E-state index contributed by atoms with van der Waals surface area (Å²) < 4.78 is 16.8. The van der Waals surface area contributed by atoms with Crippen molar-refractivity contribution in [1.29, 1.82) is 0 Å². The Labute approximate surface area is 712 Å². The first-order valence-corrected chi connectivity index (χ1v) is 41.1. The van der Waals surface area contributed by atoms with Crippen LogP contribution in [0.15, 0.2) is 234 Å². The van der Waals surface area contributed by atoms with Crippen LogP contribution in [0, 0.1) is 53.9 Å². The van der Waals surface area contributed by atoms with E-state index in [4.69, 9.17) is 23.9 Å². The zero-order valence-electron chi connectivity index (χ0n) is 69.2. The molecule has 5 fully saturated rings. The average molecular weight is 1700 g/mol. The van der Waals surface area contributed by atoms with E-state index in [0.29, 0.717) is 156 Å². The van der Waals surface area contributed by atoms with E-state index >= 15 is 0 Å². The summed E-state index contributed by atoms with van der Waals surface area (Å²) in [7, 11) is 3.10. The number of anilines is 5. The highest BCUT2D eigenvalue weighted by Crippen LogP contribution is 2.51. The predicted molar refractivity (Wildman–Crippen MR) is 475 cm³/mol. The fourth-order valence-corrected chi connectivity index (χ4v) is 17.9. The van der Waals surface area contributed by atoms with Gasteiger partial charge in [-0.3, -0.25) is 24.0 Å². The van der Waals surface area contributed by atoms with Crippen molar-refractivity contribution in [2.45, 2.75) is 116 Å². The molecule has 11 aromatic rings. The van der Waals surface area contributed by atoms with E-state index in [9.17, 15) is 49.5 Å². The van der Waals surface area contributed by atoms with E-state index in [1.807, 2.05) is 245 Å². The molecule has 8 aromatic carbocycles. The van der Waals surface area contributed by atoms with Crippen LogP contribution in [-0.4, -0.2) is 169 Å². The third-order valence-corrected chi connectivity index (χ3v) is 25.2. The van der Waals surface area contributed by atoms with E-state index < -0.39 is 33.4 Å². The quantitative estimate of drug-likeness (QED) is 0.0989. The summed E-state index contributed by atoms with van der Waals surface area (Å²) in [6.45, 7) is 20.2. The Kier molecular flexibility index (Phi) is 20.5. The van der Waals surface area contributed by atoms with Gasteiger partial charge >= 0.3 is 0 Å². The van der Waals surface area contributed by atoms with Crippen LogP contribution in [0.4, 0.5) is 56.9 Å². The number of aryl methyl sites for hydroxylation is 7. The van der Waals surface area contributed by atoms with Crippen LogP contribution in [0.1, 0.15) is 130 Å². The minimum absolute atomic E-state index is 0.251. The summed E-state index contributed by atoms with van der Waals surface area (Å²) in [6, 6.07) is 56.7. The Hall–Kier alpha value is -12.8. The fourth-order valence-electron chi connectivity index (χ4n) is 17.5. The van der Waals surface area contributed by atoms with Gasteiger partial charge in [-0.15, -0.1) is 0 Å². The molecule has 26 heteroatoms. The molecular weight excluding hydrogens is 1610 g/mol. The molecule has 0 bridgehead atoms. The number of halogens is 1. The predicted octanol–water partition coefficient (Wildman–Crippen LogP) is 15.9. The molecule has 0 spiro atoms. The number of para-hydroxylation sites is 1. The van der Waals surface area contributed by atoms with Crippen molar-refractivity contribution in [3.63, 3.8) is 0 Å². The van der Waals surface area contributed by atoms with Crippen molar-refractivity contribution in [2.75, 3.05) is 71.4 Å². The molecule has 13 heterocycles. The molecule has 5 atom stereocenters. The van der Waals surface area contributed by atoms with E-state index in [-0.39, 0.29) is 28.9 Å². The van der Waals surface area contributed by atoms with Gasteiger partial charge in [0.15, 0.2) is 33.8 Å². The number of amidine groups is 5. The first kappa shape index (κ1) is 81.5. The number of furan rings is 1. The molecule has 0 amide bonds. The van der Waals surface area contributed by atoms with Gasteiger partial charge < -0.3 is 63.9 Å². The molecular formula is C96H89BrN12O13. The molecule has 0 unspecified atom stereocenters. The zero-order valence-corrected chi connectivity index (χ0v) is 70.7. The normalized spacial score (nSPS) is 22.5. The van der Waals surface area contributed by atoms with Crippen molar-refractivity contribution >= 4 is 142 Å². The molecule has 3 aromatic heterocycles. The monoisotopic (exact) mass is 1700 g/mol. The summed E-state index contributed by atoms with van der Waals surface area (Å²) in [5, 5.41) is 56.7. The largest absolute Gasteiger partial charge is 0.481 e. The summed E-state index contributed by atoms with van der Waals surface area (Å²) >= 11 is 3.46. The van der Waals surface area contributed by atoms with Gasteiger partial charge in [-0.2, -0.15) is 0 Å². The number of benzene rings is 8. The number of methoxy groups -OCH3 is 2. The smallest absolute Gasteiger partial charge is 0.214 e. The van der Waals surface area contributed by atoms with Gasteiger partial charge in [0.2, 0.25) is 40.7 Å². The Morgan fingerprint density at radius 3 is 1.17 bits per heavy atom. The number of aliphatic imine (C=N–C) groups is 5. The maximum absolute atomic E-state index is 13.2. The molecule has 122 heavy (non-hydrogen) atoms. The van der Waals surface area contributed by atoms with E-state index in [2.05, 4.69) is 40.9 Å². The SMILES string of the molecule is COc1cc(N2CC[C@@]3(O)C(=O)c4cc(C)c(C)cc4N=C23)ccn1.COc1cc(N2CC[C@@]3(O)C(=O)c4cc(C)ccc4N=C23)ccn1.Cc1cc2c(cc1C)C(=O)[C@]1(O)CCN(c3ccc4ccoc4c3)C1=N2.Cc1ccc2c(c1)C(=O)[C@@]1(O)C(=N2)N(c2ccccc2)CC1(C)C.Cc1ccc2c(c1)C(=O)[C@]1(O)CCN(c3cccc(Br)c3)C1=N2. The number of carbonyl (C=O) groups is 5. The highest BCUT2D eigenvalue weighted by atomic mass is 79.9. The lowest BCUT2D eigenvalue weighted by Gasteiger charge is -2.36. The fraction of sp³-hybridized carbons (Fsp3) is 0.271. The summed E-state index contributed by atoms with van der Waals surface area (Å²) in [5.41, 5.74) is 9.29. The molecule has 5 saturated heterocycles. The summed E-state index contributed by atoms with van der Waals surface area (Å²) in [5.74, 6) is 1.63. The van der Waals surface area contributed by atoms with Crippen LogP contribution in [-0.2, 0) is 0 Å². The van der Waals surface area contributed by atoms with Gasteiger partial charge in [-0.1, -0.05) is 88.9 Å². The molecule has 5 N–H and O–H groups in total. The first-order valence-electron chi connectivity index (χ1n) is 40.3. The van der Waals surface area contributed by atoms with Gasteiger partial charge in [0, 0.05) is 161 Å². The number of carbonyl (C=O) groups excluding carboxylic acids is 5. The molecule has 10 aliphatic heterocycles. The average Bonchev–Trinajstić information content (AvgIpc) is 1.55.